The maximum atomic E-state index is 12.6. The average molecular weight is 327 g/mol. The second-order valence-electron chi connectivity index (χ2n) is 6.45. The fraction of sp³-hybridized carbons (Fsp3) is 0.529. The van der Waals surface area contributed by atoms with Crippen LogP contribution < -0.4 is 5.32 Å². The van der Waals surface area contributed by atoms with Crippen molar-refractivity contribution in [3.8, 4) is 11.5 Å². The van der Waals surface area contributed by atoms with E-state index in [4.69, 9.17) is 4.52 Å². The van der Waals surface area contributed by atoms with Gasteiger partial charge in [0.15, 0.2) is 0 Å². The molecule has 1 saturated heterocycles. The van der Waals surface area contributed by atoms with Gasteiger partial charge < -0.3 is 14.7 Å². The van der Waals surface area contributed by atoms with Gasteiger partial charge in [0.05, 0.1) is 0 Å². The third-order valence-electron chi connectivity index (χ3n) is 4.82. The molecule has 126 valence electrons. The van der Waals surface area contributed by atoms with Crippen LogP contribution in [0.3, 0.4) is 0 Å². The molecule has 3 heterocycles. The van der Waals surface area contributed by atoms with Gasteiger partial charge in [-0.25, -0.2) is 4.79 Å². The van der Waals surface area contributed by atoms with Gasteiger partial charge in [0.1, 0.15) is 11.7 Å². The minimum atomic E-state index is -0.142. The number of nitrogens with zero attached hydrogens (tertiary/aromatic N) is 4. The molecule has 2 aromatic rings. The number of aromatic nitrogens is 3. The Morgan fingerprint density at radius 2 is 2.08 bits per heavy atom. The highest BCUT2D eigenvalue weighted by Crippen LogP contribution is 2.32. The lowest BCUT2D eigenvalue weighted by Crippen LogP contribution is -2.43. The first-order valence-corrected chi connectivity index (χ1v) is 8.63. The molecule has 2 aliphatic rings. The Balaban J connectivity index is 1.48. The third kappa shape index (κ3) is 2.98. The standard InChI is InChI=1S/C17H21N5O2/c23-17(19-12-6-1-2-7-12)22-11-5-9-14(22)16-20-15(21-24-16)13-8-3-4-10-18-13/h3-4,8,10,12,14H,1-2,5-7,9,11H2,(H,19,23)/t14-/m1/s1. The number of urea groups is 1. The molecule has 2 amide bonds. The van der Waals surface area contributed by atoms with Crippen LogP contribution in [0.1, 0.15) is 50.5 Å². The number of carbonyl (C=O) groups is 1. The smallest absolute Gasteiger partial charge is 0.318 e. The third-order valence-corrected chi connectivity index (χ3v) is 4.82. The van der Waals surface area contributed by atoms with Crippen LogP contribution in [0.15, 0.2) is 28.9 Å². The summed E-state index contributed by atoms with van der Waals surface area (Å²) in [5.41, 5.74) is 0.674. The zero-order chi connectivity index (χ0) is 16.4. The molecule has 0 unspecified atom stereocenters. The molecule has 1 N–H and O–H groups in total. The Labute approximate surface area is 140 Å². The van der Waals surface area contributed by atoms with Gasteiger partial charge >= 0.3 is 6.03 Å². The van der Waals surface area contributed by atoms with E-state index in [1.54, 1.807) is 6.20 Å². The molecule has 1 atom stereocenters. The molecular weight excluding hydrogens is 306 g/mol. The van der Waals surface area contributed by atoms with Crippen LogP contribution in [0.25, 0.3) is 11.5 Å². The molecule has 0 spiro atoms. The van der Waals surface area contributed by atoms with Crippen molar-refractivity contribution in [2.75, 3.05) is 6.54 Å². The summed E-state index contributed by atoms with van der Waals surface area (Å²) in [4.78, 5) is 23.1. The fourth-order valence-electron chi connectivity index (χ4n) is 3.56. The zero-order valence-corrected chi connectivity index (χ0v) is 13.5. The van der Waals surface area contributed by atoms with Crippen molar-refractivity contribution in [1.29, 1.82) is 0 Å². The Bertz CT molecular complexity index is 696. The SMILES string of the molecule is O=C(NC1CCCC1)N1CCC[C@@H]1c1nc(-c2ccccn2)no1. The first-order valence-electron chi connectivity index (χ1n) is 8.63. The number of pyridine rings is 1. The van der Waals surface area contributed by atoms with Gasteiger partial charge in [-0.2, -0.15) is 4.98 Å². The van der Waals surface area contributed by atoms with Gasteiger partial charge in [-0.3, -0.25) is 4.98 Å². The topological polar surface area (TPSA) is 84.2 Å². The summed E-state index contributed by atoms with van der Waals surface area (Å²) in [5, 5.41) is 7.16. The van der Waals surface area contributed by atoms with Gasteiger partial charge in [-0.1, -0.05) is 24.1 Å². The highest BCUT2D eigenvalue weighted by atomic mass is 16.5. The number of carbonyl (C=O) groups excluding carboxylic acids is 1. The highest BCUT2D eigenvalue weighted by Gasteiger charge is 2.35. The van der Waals surface area contributed by atoms with Crippen molar-refractivity contribution >= 4 is 6.03 Å². The molecule has 7 nitrogen and oxygen atoms in total. The molecule has 7 heteroatoms. The van der Waals surface area contributed by atoms with Crippen LogP contribution in [0.4, 0.5) is 4.79 Å². The molecule has 1 saturated carbocycles. The molecule has 0 bridgehead atoms. The summed E-state index contributed by atoms with van der Waals surface area (Å²) in [5.74, 6) is 0.961. The number of rotatable bonds is 3. The van der Waals surface area contributed by atoms with Crippen molar-refractivity contribution < 1.29 is 9.32 Å². The van der Waals surface area contributed by atoms with E-state index in [1.807, 2.05) is 23.1 Å². The van der Waals surface area contributed by atoms with Crippen molar-refractivity contribution in [3.63, 3.8) is 0 Å². The van der Waals surface area contributed by atoms with Crippen LogP contribution >= 0.6 is 0 Å². The van der Waals surface area contributed by atoms with E-state index in [2.05, 4.69) is 20.4 Å². The lowest BCUT2D eigenvalue weighted by molar-refractivity contribution is 0.177. The van der Waals surface area contributed by atoms with Gasteiger partial charge in [-0.05, 0) is 37.8 Å². The van der Waals surface area contributed by atoms with Crippen molar-refractivity contribution in [3.05, 3.63) is 30.3 Å². The number of hydrogen-bond donors (Lipinski definition) is 1. The van der Waals surface area contributed by atoms with Crippen molar-refractivity contribution in [1.82, 2.24) is 25.3 Å². The van der Waals surface area contributed by atoms with Gasteiger partial charge in [0.2, 0.25) is 11.7 Å². The van der Waals surface area contributed by atoms with E-state index in [0.717, 1.165) is 32.2 Å². The lowest BCUT2D eigenvalue weighted by Gasteiger charge is -2.24. The van der Waals surface area contributed by atoms with Gasteiger partial charge in [0, 0.05) is 18.8 Å². The Hall–Kier alpha value is -2.44. The van der Waals surface area contributed by atoms with Crippen LogP contribution in [-0.2, 0) is 0 Å². The Kier molecular flexibility index (Phi) is 4.15. The number of amides is 2. The number of hydrogen-bond acceptors (Lipinski definition) is 5. The van der Waals surface area contributed by atoms with Crippen LogP contribution in [0, 0.1) is 0 Å². The minimum absolute atomic E-state index is 0.0120. The molecule has 2 fully saturated rings. The molecule has 0 radical (unpaired) electrons. The average Bonchev–Trinajstić information content (AvgIpc) is 3.36. The Morgan fingerprint density at radius 1 is 1.21 bits per heavy atom. The number of likely N-dealkylation sites (tertiary alicyclic amines) is 1. The monoisotopic (exact) mass is 327 g/mol. The van der Waals surface area contributed by atoms with E-state index in [0.29, 0.717) is 23.5 Å². The summed E-state index contributed by atoms with van der Waals surface area (Å²) in [6.07, 6.45) is 8.05. The van der Waals surface area contributed by atoms with Crippen LogP contribution in [0.5, 0.6) is 0 Å². The summed E-state index contributed by atoms with van der Waals surface area (Å²) in [7, 11) is 0. The molecule has 1 aliphatic heterocycles. The predicted octanol–water partition coefficient (Wildman–Crippen LogP) is 2.92. The van der Waals surface area contributed by atoms with Gasteiger partial charge in [-0.15, -0.1) is 0 Å². The fourth-order valence-corrected chi connectivity index (χ4v) is 3.56. The predicted molar refractivity (Wildman–Crippen MR) is 87.0 cm³/mol. The summed E-state index contributed by atoms with van der Waals surface area (Å²) in [6, 6.07) is 5.73. The van der Waals surface area contributed by atoms with Crippen LogP contribution in [0.2, 0.25) is 0 Å². The van der Waals surface area contributed by atoms with E-state index in [1.165, 1.54) is 12.8 Å². The highest BCUT2D eigenvalue weighted by molar-refractivity contribution is 5.75. The number of nitrogens with one attached hydrogen (secondary N) is 1. The molecule has 24 heavy (non-hydrogen) atoms. The van der Waals surface area contributed by atoms with E-state index in [-0.39, 0.29) is 12.1 Å². The first kappa shape index (κ1) is 15.1. The minimum Gasteiger partial charge on any atom is -0.337 e. The van der Waals surface area contributed by atoms with E-state index < -0.39 is 0 Å². The molecule has 1 aliphatic carbocycles. The van der Waals surface area contributed by atoms with Crippen LogP contribution in [-0.4, -0.2) is 38.6 Å². The lowest BCUT2D eigenvalue weighted by atomic mass is 10.2. The van der Waals surface area contributed by atoms with E-state index in [9.17, 15) is 4.79 Å². The summed E-state index contributed by atoms with van der Waals surface area (Å²) in [6.45, 7) is 0.727. The first-order chi connectivity index (χ1) is 11.8. The second-order valence-corrected chi connectivity index (χ2v) is 6.45. The quantitative estimate of drug-likeness (QED) is 0.937. The largest absolute Gasteiger partial charge is 0.337 e. The zero-order valence-electron chi connectivity index (χ0n) is 13.5. The second kappa shape index (κ2) is 6.59. The Morgan fingerprint density at radius 3 is 2.88 bits per heavy atom. The summed E-state index contributed by atoms with van der Waals surface area (Å²) < 4.78 is 5.43. The molecule has 0 aromatic carbocycles. The molecular formula is C17H21N5O2. The normalized spacial score (nSPS) is 21.3. The van der Waals surface area contributed by atoms with Crippen molar-refractivity contribution in [2.45, 2.75) is 50.6 Å². The van der Waals surface area contributed by atoms with E-state index >= 15 is 0 Å². The maximum Gasteiger partial charge on any atom is 0.318 e. The molecule has 2 aromatic heterocycles. The van der Waals surface area contributed by atoms with Gasteiger partial charge in [0.25, 0.3) is 0 Å². The summed E-state index contributed by atoms with van der Waals surface area (Å²) >= 11 is 0. The van der Waals surface area contributed by atoms with Crippen molar-refractivity contribution in [2.24, 2.45) is 0 Å². The maximum absolute atomic E-state index is 12.6. The molecule has 4 rings (SSSR count).